The van der Waals surface area contributed by atoms with Gasteiger partial charge in [-0.3, -0.25) is 10.1 Å². The molecule has 0 saturated carbocycles. The molecule has 0 aromatic heterocycles. The SMILES string of the molecule is COC(=O)N(C)S(=O)(=O)c1cc(C)ccc1[N+](=O)[O-]. The first-order valence-electron chi connectivity index (χ1n) is 5.03. The van der Waals surface area contributed by atoms with Crippen LogP contribution in [0.1, 0.15) is 5.56 Å². The van der Waals surface area contributed by atoms with Gasteiger partial charge in [0.2, 0.25) is 0 Å². The molecule has 0 unspecified atom stereocenters. The number of carbonyl (C=O) groups is 1. The highest BCUT2D eigenvalue weighted by molar-refractivity contribution is 7.89. The maximum Gasteiger partial charge on any atom is 0.423 e. The van der Waals surface area contributed by atoms with Gasteiger partial charge >= 0.3 is 6.09 Å². The summed E-state index contributed by atoms with van der Waals surface area (Å²) in [5, 5.41) is 10.8. The van der Waals surface area contributed by atoms with E-state index in [0.29, 0.717) is 9.87 Å². The molecular formula is C10H12N2O6S. The zero-order chi connectivity index (χ0) is 14.8. The summed E-state index contributed by atoms with van der Waals surface area (Å²) < 4.78 is 28.9. The Morgan fingerprint density at radius 1 is 1.42 bits per heavy atom. The molecule has 19 heavy (non-hydrogen) atoms. The lowest BCUT2D eigenvalue weighted by atomic mass is 10.2. The van der Waals surface area contributed by atoms with E-state index in [2.05, 4.69) is 4.74 Å². The molecule has 0 fully saturated rings. The Morgan fingerprint density at radius 3 is 2.47 bits per heavy atom. The molecule has 1 aromatic rings. The van der Waals surface area contributed by atoms with Gasteiger partial charge in [-0.25, -0.2) is 17.5 Å². The van der Waals surface area contributed by atoms with E-state index < -0.39 is 31.6 Å². The number of hydrogen-bond acceptors (Lipinski definition) is 6. The van der Waals surface area contributed by atoms with Gasteiger partial charge in [-0.05, 0) is 18.6 Å². The fourth-order valence-electron chi connectivity index (χ4n) is 1.35. The van der Waals surface area contributed by atoms with Crippen molar-refractivity contribution in [1.82, 2.24) is 4.31 Å². The second kappa shape index (κ2) is 5.22. The molecule has 0 radical (unpaired) electrons. The monoisotopic (exact) mass is 288 g/mol. The maximum atomic E-state index is 12.1. The molecule has 0 atom stereocenters. The van der Waals surface area contributed by atoms with Gasteiger partial charge in [-0.15, -0.1) is 0 Å². The molecule has 0 aliphatic carbocycles. The van der Waals surface area contributed by atoms with Gasteiger partial charge in [0.05, 0.1) is 12.0 Å². The first-order chi connectivity index (χ1) is 8.71. The molecular weight excluding hydrogens is 276 g/mol. The van der Waals surface area contributed by atoms with Crippen molar-refractivity contribution < 1.29 is 22.9 Å². The number of nitro groups is 1. The van der Waals surface area contributed by atoms with Crippen LogP contribution in [0.25, 0.3) is 0 Å². The third-order valence-electron chi connectivity index (χ3n) is 2.38. The fraction of sp³-hybridized carbons (Fsp3) is 0.300. The Hall–Kier alpha value is -2.16. The molecule has 0 bridgehead atoms. The van der Waals surface area contributed by atoms with Crippen LogP contribution in [0.2, 0.25) is 0 Å². The molecule has 0 heterocycles. The van der Waals surface area contributed by atoms with E-state index in [1.54, 1.807) is 6.92 Å². The lowest BCUT2D eigenvalue weighted by molar-refractivity contribution is -0.387. The standard InChI is InChI=1S/C10H12N2O6S/c1-7-4-5-8(12(14)15)9(6-7)19(16,17)11(2)10(13)18-3/h4-6H,1-3H3. The highest BCUT2D eigenvalue weighted by Gasteiger charge is 2.32. The minimum Gasteiger partial charge on any atom is -0.452 e. The number of nitrogens with zero attached hydrogens (tertiary/aromatic N) is 2. The predicted octanol–water partition coefficient (Wildman–Crippen LogP) is 1.29. The summed E-state index contributed by atoms with van der Waals surface area (Å²) in [5.41, 5.74) is -0.0798. The third kappa shape index (κ3) is 2.81. The van der Waals surface area contributed by atoms with Gasteiger partial charge in [-0.1, -0.05) is 6.07 Å². The zero-order valence-electron chi connectivity index (χ0n) is 10.5. The largest absolute Gasteiger partial charge is 0.452 e. The molecule has 0 N–H and O–H groups in total. The molecule has 9 heteroatoms. The summed E-state index contributed by atoms with van der Waals surface area (Å²) in [6.07, 6.45) is -1.13. The Labute approximate surface area is 109 Å². The number of amides is 1. The van der Waals surface area contributed by atoms with Crippen molar-refractivity contribution in [2.24, 2.45) is 0 Å². The molecule has 0 aliphatic heterocycles. The Bertz CT molecular complexity index is 625. The van der Waals surface area contributed by atoms with E-state index in [9.17, 15) is 23.3 Å². The highest BCUT2D eigenvalue weighted by Crippen LogP contribution is 2.27. The molecule has 0 saturated heterocycles. The van der Waals surface area contributed by atoms with E-state index in [4.69, 9.17) is 0 Å². The van der Waals surface area contributed by atoms with Crippen LogP contribution in [-0.4, -0.2) is 37.9 Å². The van der Waals surface area contributed by atoms with Crippen molar-refractivity contribution in [1.29, 1.82) is 0 Å². The van der Waals surface area contributed by atoms with Crippen molar-refractivity contribution in [3.05, 3.63) is 33.9 Å². The molecule has 1 aromatic carbocycles. The van der Waals surface area contributed by atoms with E-state index in [0.717, 1.165) is 26.3 Å². The Morgan fingerprint density at radius 2 is 2.00 bits per heavy atom. The van der Waals surface area contributed by atoms with Crippen molar-refractivity contribution >= 4 is 21.8 Å². The lowest BCUT2D eigenvalue weighted by Crippen LogP contribution is -2.33. The van der Waals surface area contributed by atoms with Crippen molar-refractivity contribution in [2.75, 3.05) is 14.2 Å². The van der Waals surface area contributed by atoms with Crippen LogP contribution >= 0.6 is 0 Å². The number of aryl methyl sites for hydroxylation is 1. The Balaban J connectivity index is 3.48. The minimum absolute atomic E-state index is 0.314. The number of hydrogen-bond donors (Lipinski definition) is 0. The molecule has 0 aliphatic rings. The van der Waals surface area contributed by atoms with Crippen molar-refractivity contribution in [3.63, 3.8) is 0 Å². The summed E-state index contributed by atoms with van der Waals surface area (Å²) in [7, 11) is -2.35. The Kier molecular flexibility index (Phi) is 4.10. The number of benzene rings is 1. The molecule has 104 valence electrons. The highest BCUT2D eigenvalue weighted by atomic mass is 32.2. The van der Waals surface area contributed by atoms with Crippen LogP contribution in [0.4, 0.5) is 10.5 Å². The first-order valence-corrected chi connectivity index (χ1v) is 6.47. The van der Waals surface area contributed by atoms with Gasteiger partial charge in [0.25, 0.3) is 15.7 Å². The minimum atomic E-state index is -4.33. The number of sulfonamides is 1. The topological polar surface area (TPSA) is 107 Å². The quantitative estimate of drug-likeness (QED) is 0.612. The summed E-state index contributed by atoms with van der Waals surface area (Å²) in [6, 6.07) is 3.62. The van der Waals surface area contributed by atoms with Gasteiger partial charge in [0, 0.05) is 13.1 Å². The van der Waals surface area contributed by atoms with E-state index >= 15 is 0 Å². The van der Waals surface area contributed by atoms with Crippen molar-refractivity contribution in [3.8, 4) is 0 Å². The summed E-state index contributed by atoms with van der Waals surface area (Å²) in [6.45, 7) is 1.58. The number of ether oxygens (including phenoxy) is 1. The third-order valence-corrected chi connectivity index (χ3v) is 4.14. The van der Waals surface area contributed by atoms with Gasteiger partial charge in [0.1, 0.15) is 0 Å². The van der Waals surface area contributed by atoms with Crippen molar-refractivity contribution in [2.45, 2.75) is 11.8 Å². The number of methoxy groups -OCH3 is 1. The average Bonchev–Trinajstić information content (AvgIpc) is 2.36. The normalized spacial score (nSPS) is 10.9. The van der Waals surface area contributed by atoms with Gasteiger partial charge in [0.15, 0.2) is 4.90 Å². The van der Waals surface area contributed by atoms with Gasteiger partial charge in [-0.2, -0.15) is 0 Å². The molecule has 8 nitrogen and oxygen atoms in total. The van der Waals surface area contributed by atoms with Gasteiger partial charge < -0.3 is 4.74 Å². The van der Waals surface area contributed by atoms with Crippen LogP contribution in [0, 0.1) is 17.0 Å². The van der Waals surface area contributed by atoms with E-state index in [1.165, 1.54) is 6.07 Å². The van der Waals surface area contributed by atoms with E-state index in [1.807, 2.05) is 0 Å². The lowest BCUT2D eigenvalue weighted by Gasteiger charge is -2.16. The number of carbonyl (C=O) groups excluding carboxylic acids is 1. The number of rotatable bonds is 3. The smallest absolute Gasteiger partial charge is 0.423 e. The fourth-order valence-corrected chi connectivity index (χ4v) is 2.66. The summed E-state index contributed by atoms with van der Waals surface area (Å²) >= 11 is 0. The van der Waals surface area contributed by atoms with Crippen LogP contribution in [0.15, 0.2) is 23.1 Å². The van der Waals surface area contributed by atoms with Crippen LogP contribution in [-0.2, 0) is 14.8 Å². The average molecular weight is 288 g/mol. The summed E-state index contributed by atoms with van der Waals surface area (Å²) in [5.74, 6) is 0. The van der Waals surface area contributed by atoms with Crippen LogP contribution in [0.3, 0.4) is 0 Å². The van der Waals surface area contributed by atoms with Crippen LogP contribution < -0.4 is 0 Å². The van der Waals surface area contributed by atoms with Crippen LogP contribution in [0.5, 0.6) is 0 Å². The number of nitro benzene ring substituents is 1. The molecule has 1 amide bonds. The maximum absolute atomic E-state index is 12.1. The molecule has 1 rings (SSSR count). The summed E-state index contributed by atoms with van der Waals surface area (Å²) in [4.78, 5) is 20.7. The van der Waals surface area contributed by atoms with E-state index in [-0.39, 0.29) is 0 Å². The second-order valence-electron chi connectivity index (χ2n) is 3.67. The predicted molar refractivity (Wildman–Crippen MR) is 65.2 cm³/mol. The first kappa shape index (κ1) is 14.9. The zero-order valence-corrected chi connectivity index (χ0v) is 11.3. The molecule has 0 spiro atoms. The second-order valence-corrected chi connectivity index (χ2v) is 5.61.